The van der Waals surface area contributed by atoms with E-state index in [0.717, 1.165) is 34.8 Å². The molecule has 1 aliphatic carbocycles. The fourth-order valence-electron chi connectivity index (χ4n) is 3.13. The molecule has 0 bridgehead atoms. The number of aromatic nitrogens is 2. The normalized spacial score (nSPS) is 16.8. The molecule has 1 aromatic carbocycles. The van der Waals surface area contributed by atoms with Gasteiger partial charge in [0.15, 0.2) is 0 Å². The number of hydrogen-bond donors (Lipinski definition) is 0. The SMILES string of the molecule is CCCC1(Cn2c(CCCl)nc3ccc(Cl)cc32)CC1. The third kappa shape index (κ3) is 2.68. The summed E-state index contributed by atoms with van der Waals surface area (Å²) in [4.78, 5) is 4.74. The second kappa shape index (κ2) is 5.57. The van der Waals surface area contributed by atoms with Crippen molar-refractivity contribution >= 4 is 34.2 Å². The van der Waals surface area contributed by atoms with E-state index in [0.29, 0.717) is 11.3 Å². The number of halogens is 2. The molecule has 0 radical (unpaired) electrons. The van der Waals surface area contributed by atoms with Gasteiger partial charge in [-0.2, -0.15) is 0 Å². The summed E-state index contributed by atoms with van der Waals surface area (Å²) in [5.41, 5.74) is 2.67. The Morgan fingerprint density at radius 3 is 2.80 bits per heavy atom. The van der Waals surface area contributed by atoms with E-state index < -0.39 is 0 Å². The number of benzene rings is 1. The Bertz CT molecular complexity index is 614. The molecular formula is C16H20Cl2N2. The lowest BCUT2D eigenvalue weighted by Crippen LogP contribution is -2.14. The fraction of sp³-hybridized carbons (Fsp3) is 0.562. The summed E-state index contributed by atoms with van der Waals surface area (Å²) < 4.78 is 2.35. The third-order valence-corrected chi connectivity index (χ3v) is 4.76. The van der Waals surface area contributed by atoms with Crippen molar-refractivity contribution in [3.8, 4) is 0 Å². The van der Waals surface area contributed by atoms with Crippen molar-refractivity contribution in [3.63, 3.8) is 0 Å². The zero-order valence-corrected chi connectivity index (χ0v) is 13.3. The molecule has 4 heteroatoms. The molecule has 2 nitrogen and oxygen atoms in total. The van der Waals surface area contributed by atoms with Crippen LogP contribution in [0.15, 0.2) is 18.2 Å². The lowest BCUT2D eigenvalue weighted by Gasteiger charge is -2.17. The van der Waals surface area contributed by atoms with Crippen molar-refractivity contribution in [1.29, 1.82) is 0 Å². The van der Waals surface area contributed by atoms with Gasteiger partial charge in [0.25, 0.3) is 0 Å². The van der Waals surface area contributed by atoms with Crippen LogP contribution in [0.5, 0.6) is 0 Å². The first-order valence-electron chi connectivity index (χ1n) is 7.38. The van der Waals surface area contributed by atoms with Gasteiger partial charge in [-0.3, -0.25) is 0 Å². The van der Waals surface area contributed by atoms with Crippen LogP contribution < -0.4 is 0 Å². The quantitative estimate of drug-likeness (QED) is 0.682. The summed E-state index contributed by atoms with van der Waals surface area (Å²) in [6.45, 7) is 3.33. The Kier molecular flexibility index (Phi) is 3.96. The lowest BCUT2D eigenvalue weighted by atomic mass is 10.0. The van der Waals surface area contributed by atoms with Crippen molar-refractivity contribution < 1.29 is 0 Å². The van der Waals surface area contributed by atoms with Gasteiger partial charge in [-0.15, -0.1) is 11.6 Å². The molecule has 2 aromatic rings. The van der Waals surface area contributed by atoms with Crippen LogP contribution in [-0.4, -0.2) is 15.4 Å². The second-order valence-electron chi connectivity index (χ2n) is 5.94. The largest absolute Gasteiger partial charge is 0.327 e. The molecule has 0 N–H and O–H groups in total. The first-order chi connectivity index (χ1) is 9.67. The summed E-state index contributed by atoms with van der Waals surface area (Å²) in [6, 6.07) is 5.94. The van der Waals surface area contributed by atoms with Crippen LogP contribution in [0.2, 0.25) is 5.02 Å². The average molecular weight is 311 g/mol. The molecule has 1 saturated carbocycles. The van der Waals surface area contributed by atoms with Gasteiger partial charge in [0.1, 0.15) is 5.82 Å². The van der Waals surface area contributed by atoms with Crippen molar-refractivity contribution in [3.05, 3.63) is 29.0 Å². The van der Waals surface area contributed by atoms with Gasteiger partial charge in [-0.1, -0.05) is 24.9 Å². The maximum Gasteiger partial charge on any atom is 0.111 e. The molecule has 1 fully saturated rings. The maximum atomic E-state index is 6.16. The zero-order chi connectivity index (χ0) is 14.2. The standard InChI is InChI=1S/C16H20Cl2N2/c1-2-6-16(7-8-16)11-20-14-10-12(18)3-4-13(14)19-15(20)5-9-17/h3-4,10H,2,5-9,11H2,1H3. The van der Waals surface area contributed by atoms with Crippen molar-refractivity contribution in [2.45, 2.75) is 45.6 Å². The summed E-state index contributed by atoms with van der Waals surface area (Å²) in [6.07, 6.45) is 6.03. The van der Waals surface area contributed by atoms with E-state index in [-0.39, 0.29) is 0 Å². The van der Waals surface area contributed by atoms with Crippen molar-refractivity contribution in [2.24, 2.45) is 5.41 Å². The Morgan fingerprint density at radius 2 is 2.15 bits per heavy atom. The van der Waals surface area contributed by atoms with Gasteiger partial charge < -0.3 is 4.57 Å². The molecule has 0 atom stereocenters. The van der Waals surface area contributed by atoms with E-state index in [1.165, 1.54) is 25.7 Å². The predicted molar refractivity (Wildman–Crippen MR) is 85.7 cm³/mol. The van der Waals surface area contributed by atoms with Crippen LogP contribution in [0.4, 0.5) is 0 Å². The Hall–Kier alpha value is -0.730. The highest BCUT2D eigenvalue weighted by atomic mass is 35.5. The number of aryl methyl sites for hydroxylation is 1. The number of nitrogens with zero attached hydrogens (tertiary/aromatic N) is 2. The van der Waals surface area contributed by atoms with Crippen LogP contribution in [0.1, 0.15) is 38.4 Å². The summed E-state index contributed by atoms with van der Waals surface area (Å²) >= 11 is 12.1. The van der Waals surface area contributed by atoms with Crippen molar-refractivity contribution in [1.82, 2.24) is 9.55 Å². The van der Waals surface area contributed by atoms with Crippen LogP contribution in [0, 0.1) is 5.41 Å². The number of fused-ring (bicyclic) bond motifs is 1. The summed E-state index contributed by atoms with van der Waals surface area (Å²) in [5, 5.41) is 0.774. The third-order valence-electron chi connectivity index (χ3n) is 4.34. The number of imidazole rings is 1. The van der Waals surface area contributed by atoms with E-state index in [9.17, 15) is 0 Å². The molecular weight excluding hydrogens is 291 g/mol. The molecule has 0 aliphatic heterocycles. The molecule has 3 rings (SSSR count). The highest BCUT2D eigenvalue weighted by Crippen LogP contribution is 2.51. The topological polar surface area (TPSA) is 17.8 Å². The first kappa shape index (κ1) is 14.2. The van der Waals surface area contributed by atoms with Crippen molar-refractivity contribution in [2.75, 3.05) is 5.88 Å². The van der Waals surface area contributed by atoms with Crippen LogP contribution in [-0.2, 0) is 13.0 Å². The van der Waals surface area contributed by atoms with Gasteiger partial charge >= 0.3 is 0 Å². The van der Waals surface area contributed by atoms with Gasteiger partial charge in [0.05, 0.1) is 11.0 Å². The molecule has 0 amide bonds. The minimum Gasteiger partial charge on any atom is -0.327 e. The maximum absolute atomic E-state index is 6.16. The molecule has 0 spiro atoms. The minimum atomic E-state index is 0.492. The number of hydrogen-bond acceptors (Lipinski definition) is 1. The Balaban J connectivity index is 2.01. The number of alkyl halides is 1. The van der Waals surface area contributed by atoms with E-state index in [4.69, 9.17) is 28.2 Å². The highest BCUT2D eigenvalue weighted by molar-refractivity contribution is 6.31. The summed E-state index contributed by atoms with van der Waals surface area (Å²) in [7, 11) is 0. The van der Waals surface area contributed by atoms with E-state index >= 15 is 0 Å². The predicted octanol–water partition coefficient (Wildman–Crippen LogP) is 5.05. The van der Waals surface area contributed by atoms with Crippen LogP contribution in [0.25, 0.3) is 11.0 Å². The molecule has 0 saturated heterocycles. The minimum absolute atomic E-state index is 0.492. The van der Waals surface area contributed by atoms with Gasteiger partial charge in [-0.25, -0.2) is 4.98 Å². The summed E-state index contributed by atoms with van der Waals surface area (Å²) in [5.74, 6) is 1.71. The molecule has 0 unspecified atom stereocenters. The Labute approximate surface area is 130 Å². The molecule has 1 aliphatic rings. The van der Waals surface area contributed by atoms with E-state index in [1.54, 1.807) is 0 Å². The Morgan fingerprint density at radius 1 is 1.35 bits per heavy atom. The molecule has 1 aromatic heterocycles. The molecule has 1 heterocycles. The van der Waals surface area contributed by atoms with Crippen LogP contribution >= 0.6 is 23.2 Å². The monoisotopic (exact) mass is 310 g/mol. The van der Waals surface area contributed by atoms with E-state index in [1.807, 2.05) is 18.2 Å². The van der Waals surface area contributed by atoms with E-state index in [2.05, 4.69) is 11.5 Å². The fourth-order valence-corrected chi connectivity index (χ4v) is 3.46. The molecule has 20 heavy (non-hydrogen) atoms. The lowest BCUT2D eigenvalue weighted by molar-refractivity contribution is 0.387. The number of rotatable bonds is 6. The van der Waals surface area contributed by atoms with Crippen LogP contribution in [0.3, 0.4) is 0 Å². The second-order valence-corrected chi connectivity index (χ2v) is 6.75. The highest BCUT2D eigenvalue weighted by Gasteiger charge is 2.42. The molecule has 108 valence electrons. The van der Waals surface area contributed by atoms with Gasteiger partial charge in [-0.05, 0) is 42.9 Å². The average Bonchev–Trinajstić information content (AvgIpc) is 3.10. The smallest absolute Gasteiger partial charge is 0.111 e. The first-order valence-corrected chi connectivity index (χ1v) is 8.29. The van der Waals surface area contributed by atoms with Gasteiger partial charge in [0.2, 0.25) is 0 Å². The zero-order valence-electron chi connectivity index (χ0n) is 11.8. The van der Waals surface area contributed by atoms with Gasteiger partial charge in [0, 0.05) is 23.9 Å².